The number of anilines is 1. The number of sulfone groups is 1. The van der Waals surface area contributed by atoms with Crippen molar-refractivity contribution in [2.45, 2.75) is 4.90 Å². The van der Waals surface area contributed by atoms with E-state index in [2.05, 4.69) is 10.1 Å². The summed E-state index contributed by atoms with van der Waals surface area (Å²) >= 11 is 0. The molecule has 5 nitrogen and oxygen atoms in total. The molecule has 0 aliphatic heterocycles. The molecule has 0 amide bonds. The molecule has 1 N–H and O–H groups in total. The third-order valence-electron chi connectivity index (χ3n) is 3.02. The van der Waals surface area contributed by atoms with Gasteiger partial charge in [0, 0.05) is 12.3 Å². The summed E-state index contributed by atoms with van der Waals surface area (Å²) in [5, 5.41) is 2.35. The van der Waals surface area contributed by atoms with Crippen LogP contribution in [-0.4, -0.2) is 21.5 Å². The van der Waals surface area contributed by atoms with Gasteiger partial charge in [-0.15, -0.1) is 0 Å². The molecule has 2 aromatic carbocycles. The molecule has 2 aromatic rings. The molecule has 0 spiro atoms. The number of nitrogens with one attached hydrogen (secondary N) is 1. The van der Waals surface area contributed by atoms with Gasteiger partial charge in [-0.2, -0.15) is 0 Å². The number of carbonyl (C=O) groups is 1. The van der Waals surface area contributed by atoms with Gasteiger partial charge in [0.1, 0.15) is 11.6 Å². The minimum absolute atomic E-state index is 0.122. The Morgan fingerprint density at radius 2 is 1.79 bits per heavy atom. The molecule has 24 heavy (non-hydrogen) atoms. The van der Waals surface area contributed by atoms with Crippen LogP contribution in [0.25, 0.3) is 0 Å². The van der Waals surface area contributed by atoms with Crippen molar-refractivity contribution in [2.24, 2.45) is 0 Å². The van der Waals surface area contributed by atoms with Crippen LogP contribution in [0.15, 0.2) is 64.5 Å². The van der Waals surface area contributed by atoms with Crippen LogP contribution >= 0.6 is 0 Å². The maximum absolute atomic E-state index is 13.6. The van der Waals surface area contributed by atoms with Crippen molar-refractivity contribution < 1.29 is 26.7 Å². The summed E-state index contributed by atoms with van der Waals surface area (Å²) in [6.07, 6.45) is 0.810. The number of halogens is 2. The fraction of sp³-hybridized carbons (Fsp3) is 0.0625. The Balaban J connectivity index is 2.44. The first-order valence-corrected chi connectivity index (χ1v) is 8.15. The van der Waals surface area contributed by atoms with E-state index in [9.17, 15) is 22.0 Å². The number of benzene rings is 2. The summed E-state index contributed by atoms with van der Waals surface area (Å²) in [7, 11) is -3.15. The van der Waals surface area contributed by atoms with E-state index < -0.39 is 32.3 Å². The van der Waals surface area contributed by atoms with Gasteiger partial charge in [-0.25, -0.2) is 22.0 Å². The molecule has 0 atom stereocenters. The highest BCUT2D eigenvalue weighted by Gasteiger charge is 2.28. The van der Waals surface area contributed by atoms with E-state index in [-0.39, 0.29) is 10.6 Å². The molecule has 0 saturated heterocycles. The molecule has 8 heteroatoms. The first-order valence-electron chi connectivity index (χ1n) is 6.66. The highest BCUT2D eigenvalue weighted by molar-refractivity contribution is 7.96. The minimum atomic E-state index is -4.18. The number of rotatable bonds is 5. The molecule has 0 unspecified atom stereocenters. The maximum atomic E-state index is 13.6. The van der Waals surface area contributed by atoms with E-state index >= 15 is 0 Å². The van der Waals surface area contributed by atoms with Crippen molar-refractivity contribution in [3.8, 4) is 0 Å². The molecule has 0 bridgehead atoms. The molecule has 0 aromatic heterocycles. The van der Waals surface area contributed by atoms with Gasteiger partial charge >= 0.3 is 5.97 Å². The zero-order valence-corrected chi connectivity index (χ0v) is 13.3. The van der Waals surface area contributed by atoms with Gasteiger partial charge in [-0.05, 0) is 24.3 Å². The smallest absolute Gasteiger partial charge is 0.351 e. The standard InChI is InChI=1S/C16H13F2NO4S/c1-23-16(20)15(24(21,22)12-5-3-2-4-6-12)10-19-14-8-7-11(17)9-13(14)18/h2-10,19H,1H3. The summed E-state index contributed by atoms with van der Waals surface area (Å²) in [6.45, 7) is 0. The van der Waals surface area contributed by atoms with E-state index in [0.29, 0.717) is 6.07 Å². The second-order valence-electron chi connectivity index (χ2n) is 4.59. The molecule has 0 heterocycles. The Hall–Kier alpha value is -2.74. The maximum Gasteiger partial charge on any atom is 0.351 e. The fourth-order valence-electron chi connectivity index (χ4n) is 1.82. The number of hydrogen-bond acceptors (Lipinski definition) is 5. The topological polar surface area (TPSA) is 72.5 Å². The number of ether oxygens (including phenoxy) is 1. The van der Waals surface area contributed by atoms with Crippen LogP contribution in [0.1, 0.15) is 0 Å². The molecule has 126 valence electrons. The third kappa shape index (κ3) is 3.77. The molecule has 0 fully saturated rings. The van der Waals surface area contributed by atoms with Gasteiger partial charge in [0.05, 0.1) is 17.7 Å². The van der Waals surface area contributed by atoms with Crippen LogP contribution in [-0.2, 0) is 19.4 Å². The Morgan fingerprint density at radius 3 is 2.38 bits per heavy atom. The zero-order chi connectivity index (χ0) is 17.7. The van der Waals surface area contributed by atoms with Crippen LogP contribution in [0.5, 0.6) is 0 Å². The van der Waals surface area contributed by atoms with Gasteiger partial charge in [-0.1, -0.05) is 18.2 Å². The van der Waals surface area contributed by atoms with Gasteiger partial charge < -0.3 is 10.1 Å². The molecule has 0 saturated carbocycles. The molecule has 0 aliphatic carbocycles. The van der Waals surface area contributed by atoms with E-state index in [1.165, 1.54) is 24.3 Å². The van der Waals surface area contributed by atoms with Crippen molar-refractivity contribution in [3.05, 3.63) is 71.3 Å². The van der Waals surface area contributed by atoms with E-state index in [4.69, 9.17) is 0 Å². The largest absolute Gasteiger partial charge is 0.465 e. The predicted molar refractivity (Wildman–Crippen MR) is 83.7 cm³/mol. The first kappa shape index (κ1) is 17.6. The van der Waals surface area contributed by atoms with Crippen molar-refractivity contribution in [1.82, 2.24) is 0 Å². The average molecular weight is 353 g/mol. The minimum Gasteiger partial charge on any atom is -0.465 e. The Morgan fingerprint density at radius 1 is 1.12 bits per heavy atom. The average Bonchev–Trinajstić information content (AvgIpc) is 2.57. The predicted octanol–water partition coefficient (Wildman–Crippen LogP) is 2.87. The van der Waals surface area contributed by atoms with Gasteiger partial charge in [0.25, 0.3) is 0 Å². The molecule has 0 aliphatic rings. The lowest BCUT2D eigenvalue weighted by molar-refractivity contribution is -0.135. The summed E-state index contributed by atoms with van der Waals surface area (Å²) in [5.41, 5.74) is -0.193. The van der Waals surface area contributed by atoms with Crippen molar-refractivity contribution in [2.75, 3.05) is 12.4 Å². The van der Waals surface area contributed by atoms with Crippen LogP contribution in [0.2, 0.25) is 0 Å². The molecular formula is C16H13F2NO4S. The third-order valence-corrected chi connectivity index (χ3v) is 4.78. The van der Waals surface area contributed by atoms with Crippen LogP contribution < -0.4 is 5.32 Å². The van der Waals surface area contributed by atoms with Gasteiger partial charge in [-0.3, -0.25) is 0 Å². The summed E-state index contributed by atoms with van der Waals surface area (Å²) in [6, 6.07) is 9.92. The van der Waals surface area contributed by atoms with Crippen molar-refractivity contribution in [1.29, 1.82) is 0 Å². The Labute approximate surface area is 137 Å². The monoisotopic (exact) mass is 353 g/mol. The molecule has 2 rings (SSSR count). The van der Waals surface area contributed by atoms with Crippen molar-refractivity contribution >= 4 is 21.5 Å². The Kier molecular flexibility index (Phi) is 5.30. The van der Waals surface area contributed by atoms with E-state index in [1.54, 1.807) is 6.07 Å². The first-order chi connectivity index (χ1) is 11.4. The normalized spacial score (nSPS) is 11.9. The quantitative estimate of drug-likeness (QED) is 0.661. The SMILES string of the molecule is COC(=O)C(=CNc1ccc(F)cc1F)S(=O)(=O)c1ccccc1. The number of esters is 1. The van der Waals surface area contributed by atoms with Crippen LogP contribution in [0.4, 0.5) is 14.5 Å². The highest BCUT2D eigenvalue weighted by Crippen LogP contribution is 2.21. The van der Waals surface area contributed by atoms with Crippen molar-refractivity contribution in [3.63, 3.8) is 0 Å². The van der Waals surface area contributed by atoms with Crippen LogP contribution in [0.3, 0.4) is 0 Å². The zero-order valence-electron chi connectivity index (χ0n) is 12.5. The summed E-state index contributed by atoms with van der Waals surface area (Å²) < 4.78 is 56.0. The Bertz CT molecular complexity index is 880. The summed E-state index contributed by atoms with van der Waals surface area (Å²) in [5.74, 6) is -2.84. The fourth-order valence-corrected chi connectivity index (χ4v) is 3.11. The van der Waals surface area contributed by atoms with E-state index in [1.807, 2.05) is 0 Å². The van der Waals surface area contributed by atoms with Gasteiger partial charge in [0.15, 0.2) is 4.91 Å². The second-order valence-corrected chi connectivity index (χ2v) is 6.50. The highest BCUT2D eigenvalue weighted by atomic mass is 32.2. The molecule has 0 radical (unpaired) electrons. The summed E-state index contributed by atoms with van der Waals surface area (Å²) in [4.78, 5) is 11.0. The lowest BCUT2D eigenvalue weighted by atomic mass is 10.3. The second kappa shape index (κ2) is 7.22. The number of carbonyl (C=O) groups excluding carboxylic acids is 1. The lowest BCUT2D eigenvalue weighted by Gasteiger charge is -2.09. The number of hydrogen-bond donors (Lipinski definition) is 1. The lowest BCUT2D eigenvalue weighted by Crippen LogP contribution is -2.17. The van der Waals surface area contributed by atoms with Crippen LogP contribution in [0, 0.1) is 11.6 Å². The van der Waals surface area contributed by atoms with E-state index in [0.717, 1.165) is 25.4 Å². The van der Waals surface area contributed by atoms with Gasteiger partial charge in [0.2, 0.25) is 9.84 Å². The number of methoxy groups -OCH3 is 1. The molecular weight excluding hydrogens is 340 g/mol.